The van der Waals surface area contributed by atoms with Gasteiger partial charge < -0.3 is 15.3 Å². The number of aromatic nitrogens is 1. The Hall–Kier alpha value is -2.55. The molecular weight excluding hydrogens is 328 g/mol. The number of carbonyl (C=O) groups excluding carboxylic acids is 2. The largest absolute Gasteiger partial charge is 0.466 e. The molecule has 2 N–H and O–H groups in total. The summed E-state index contributed by atoms with van der Waals surface area (Å²) in [4.78, 5) is 37.1. The van der Waals surface area contributed by atoms with Crippen LogP contribution in [0.15, 0.2) is 22.6 Å². The van der Waals surface area contributed by atoms with Crippen LogP contribution in [0.4, 0.5) is 5.69 Å². The number of nitrogens with zero attached hydrogens (tertiary/aromatic N) is 3. The fourth-order valence-corrected chi connectivity index (χ4v) is 1.85. The second-order valence-corrected chi connectivity index (χ2v) is 4.68. The Morgan fingerprint density at radius 1 is 1.43 bits per heavy atom. The van der Waals surface area contributed by atoms with E-state index in [0.29, 0.717) is 0 Å². The van der Waals surface area contributed by atoms with Crippen molar-refractivity contribution in [2.75, 3.05) is 6.61 Å². The summed E-state index contributed by atoms with van der Waals surface area (Å²) >= 11 is 5.88. The minimum absolute atomic E-state index is 0.00296. The Balaban J connectivity index is 2.61. The second-order valence-electron chi connectivity index (χ2n) is 4.27. The molecule has 23 heavy (non-hydrogen) atoms. The van der Waals surface area contributed by atoms with Gasteiger partial charge in [-0.1, -0.05) is 16.8 Å². The summed E-state index contributed by atoms with van der Waals surface area (Å²) in [7, 11) is 0. The maximum absolute atomic E-state index is 11.8. The number of oxime groups is 1. The Morgan fingerprint density at radius 2 is 2.17 bits per heavy atom. The van der Waals surface area contributed by atoms with Gasteiger partial charge in [0.15, 0.2) is 5.84 Å². The van der Waals surface area contributed by atoms with Crippen LogP contribution in [0.3, 0.4) is 0 Å². The molecule has 0 unspecified atom stereocenters. The van der Waals surface area contributed by atoms with Gasteiger partial charge in [0.1, 0.15) is 11.4 Å². The van der Waals surface area contributed by atoms with E-state index in [-0.39, 0.29) is 48.1 Å². The number of ether oxygens (including phenoxy) is 1. The van der Waals surface area contributed by atoms with E-state index in [4.69, 9.17) is 21.5 Å². The number of hydrogen-bond acceptors (Lipinski definition) is 8. The molecule has 0 aromatic carbocycles. The lowest BCUT2D eigenvalue weighted by Gasteiger charge is -2.08. The Morgan fingerprint density at radius 3 is 2.74 bits per heavy atom. The predicted molar refractivity (Wildman–Crippen MR) is 81.7 cm³/mol. The van der Waals surface area contributed by atoms with Crippen molar-refractivity contribution in [3.63, 3.8) is 0 Å². The molecule has 10 heteroatoms. The standard InChI is InChI=1S/C13H15ClN4O5/c1-2-23-11(20)5-3-4-10(19)16-13(18-22)12-9(14)6-8(17-21)7-15-12/h6-7,22H,2-5H2,1H3,(H,16,18,19). The normalized spacial score (nSPS) is 11.0. The maximum atomic E-state index is 11.8. The molecule has 0 fully saturated rings. The van der Waals surface area contributed by atoms with Crippen LogP contribution >= 0.6 is 11.6 Å². The van der Waals surface area contributed by atoms with Gasteiger partial charge >= 0.3 is 5.97 Å². The fourth-order valence-electron chi connectivity index (χ4n) is 1.60. The average molecular weight is 343 g/mol. The van der Waals surface area contributed by atoms with Gasteiger partial charge in [0, 0.05) is 12.8 Å². The van der Waals surface area contributed by atoms with E-state index in [1.54, 1.807) is 6.92 Å². The smallest absolute Gasteiger partial charge is 0.305 e. The lowest BCUT2D eigenvalue weighted by atomic mass is 10.2. The number of nitrogens with one attached hydrogen (secondary N) is 1. The minimum Gasteiger partial charge on any atom is -0.466 e. The van der Waals surface area contributed by atoms with E-state index >= 15 is 0 Å². The molecule has 124 valence electrons. The quantitative estimate of drug-likeness (QED) is 0.195. The first kappa shape index (κ1) is 18.5. The van der Waals surface area contributed by atoms with E-state index in [2.05, 4.69) is 20.6 Å². The molecule has 1 heterocycles. The van der Waals surface area contributed by atoms with Gasteiger partial charge in [0.25, 0.3) is 0 Å². The monoisotopic (exact) mass is 342 g/mol. The summed E-state index contributed by atoms with van der Waals surface area (Å²) in [5, 5.41) is 16.9. The zero-order valence-electron chi connectivity index (χ0n) is 12.3. The van der Waals surface area contributed by atoms with Crippen molar-refractivity contribution < 1.29 is 19.5 Å². The third-order valence-electron chi connectivity index (χ3n) is 2.60. The molecule has 0 aliphatic rings. The van der Waals surface area contributed by atoms with Crippen LogP contribution < -0.4 is 5.32 Å². The van der Waals surface area contributed by atoms with Crippen LogP contribution in [0.1, 0.15) is 31.9 Å². The second kappa shape index (κ2) is 9.46. The van der Waals surface area contributed by atoms with Crippen LogP contribution in [0.25, 0.3) is 0 Å². The predicted octanol–water partition coefficient (Wildman–Crippen LogP) is 2.12. The van der Waals surface area contributed by atoms with Crippen molar-refractivity contribution in [3.05, 3.63) is 27.9 Å². The number of halogens is 1. The molecule has 0 saturated carbocycles. The number of nitroso groups, excluding NO2 is 1. The highest BCUT2D eigenvalue weighted by Crippen LogP contribution is 2.20. The number of carbonyl (C=O) groups is 2. The number of pyridine rings is 1. The zero-order valence-corrected chi connectivity index (χ0v) is 13.0. The van der Waals surface area contributed by atoms with Gasteiger partial charge in [-0.25, -0.2) is 4.98 Å². The van der Waals surface area contributed by atoms with Crippen LogP contribution in [0.5, 0.6) is 0 Å². The summed E-state index contributed by atoms with van der Waals surface area (Å²) < 4.78 is 4.74. The number of amides is 1. The van der Waals surface area contributed by atoms with Crippen molar-refractivity contribution in [2.45, 2.75) is 26.2 Å². The third-order valence-corrected chi connectivity index (χ3v) is 2.89. The van der Waals surface area contributed by atoms with Gasteiger partial charge in [-0.15, -0.1) is 4.91 Å². The van der Waals surface area contributed by atoms with E-state index in [1.807, 2.05) is 0 Å². The van der Waals surface area contributed by atoms with Gasteiger partial charge in [-0.3, -0.25) is 9.59 Å². The Kier molecular flexibility index (Phi) is 7.61. The van der Waals surface area contributed by atoms with Gasteiger partial charge in [-0.05, 0) is 24.6 Å². The Labute approximate surface area is 136 Å². The molecule has 0 saturated heterocycles. The van der Waals surface area contributed by atoms with Crippen LogP contribution in [0.2, 0.25) is 5.02 Å². The lowest BCUT2D eigenvalue weighted by molar-refractivity contribution is -0.143. The summed E-state index contributed by atoms with van der Waals surface area (Å²) in [6.45, 7) is 1.97. The maximum Gasteiger partial charge on any atom is 0.305 e. The van der Waals surface area contributed by atoms with Gasteiger partial charge in [-0.2, -0.15) is 0 Å². The number of esters is 1. The molecule has 0 bridgehead atoms. The average Bonchev–Trinajstić information content (AvgIpc) is 2.53. The molecule has 0 aliphatic heterocycles. The molecule has 0 radical (unpaired) electrons. The van der Waals surface area contributed by atoms with Crippen LogP contribution in [0, 0.1) is 4.91 Å². The van der Waals surface area contributed by atoms with Crippen molar-refractivity contribution in [2.24, 2.45) is 10.3 Å². The van der Waals surface area contributed by atoms with Crippen LogP contribution in [-0.2, 0) is 14.3 Å². The number of amidine groups is 1. The molecule has 1 rings (SSSR count). The molecule has 0 aliphatic carbocycles. The highest BCUT2D eigenvalue weighted by molar-refractivity contribution is 6.34. The van der Waals surface area contributed by atoms with Crippen LogP contribution in [-0.4, -0.2) is 34.5 Å². The molecule has 0 spiro atoms. The lowest BCUT2D eigenvalue weighted by Crippen LogP contribution is -2.32. The van der Waals surface area contributed by atoms with Crippen molar-refractivity contribution >= 4 is 35.0 Å². The molecule has 1 aromatic heterocycles. The SMILES string of the molecule is CCOC(=O)CCCC(=O)N/C(=N/O)c1ncc(N=O)cc1Cl. The zero-order chi connectivity index (χ0) is 17.2. The highest BCUT2D eigenvalue weighted by Gasteiger charge is 2.15. The van der Waals surface area contributed by atoms with E-state index < -0.39 is 11.9 Å². The Bertz CT molecular complexity index is 620. The van der Waals surface area contributed by atoms with Crippen molar-refractivity contribution in [1.82, 2.24) is 10.3 Å². The van der Waals surface area contributed by atoms with Crippen molar-refractivity contribution in [3.8, 4) is 0 Å². The molecular formula is C13H15ClN4O5. The van der Waals surface area contributed by atoms with Gasteiger partial charge in [0.2, 0.25) is 5.91 Å². The third kappa shape index (κ3) is 5.99. The molecule has 1 amide bonds. The molecule has 9 nitrogen and oxygen atoms in total. The first-order valence-corrected chi connectivity index (χ1v) is 7.06. The summed E-state index contributed by atoms with van der Waals surface area (Å²) in [6.07, 6.45) is 1.51. The number of rotatable bonds is 7. The summed E-state index contributed by atoms with van der Waals surface area (Å²) in [6, 6.07) is 1.22. The van der Waals surface area contributed by atoms with E-state index in [1.165, 1.54) is 6.07 Å². The minimum atomic E-state index is -0.488. The number of hydrogen-bond donors (Lipinski definition) is 2. The summed E-state index contributed by atoms with van der Waals surface area (Å²) in [5.41, 5.74) is -0.0166. The molecule has 0 atom stereocenters. The summed E-state index contributed by atoms with van der Waals surface area (Å²) in [5.74, 6) is -1.15. The van der Waals surface area contributed by atoms with Gasteiger partial charge in [0.05, 0.1) is 17.8 Å². The topological polar surface area (TPSA) is 130 Å². The van der Waals surface area contributed by atoms with E-state index in [0.717, 1.165) is 6.20 Å². The van der Waals surface area contributed by atoms with Crippen molar-refractivity contribution in [1.29, 1.82) is 0 Å². The fraction of sp³-hybridized carbons (Fsp3) is 0.385. The molecule has 1 aromatic rings. The van der Waals surface area contributed by atoms with E-state index in [9.17, 15) is 14.5 Å². The highest BCUT2D eigenvalue weighted by atomic mass is 35.5. The first-order valence-electron chi connectivity index (χ1n) is 6.68. The first-order chi connectivity index (χ1) is 11.0.